The normalized spacial score (nSPS) is 15.4. The van der Waals surface area contributed by atoms with Crippen LogP contribution in [0.25, 0.3) is 10.2 Å². The van der Waals surface area contributed by atoms with Gasteiger partial charge < -0.3 is 9.73 Å². The smallest absolute Gasteiger partial charge is 0.262 e. The first-order valence-electron chi connectivity index (χ1n) is 9.35. The van der Waals surface area contributed by atoms with Crippen LogP contribution in [-0.2, 0) is 13.0 Å². The average Bonchev–Trinajstić information content (AvgIpc) is 3.11. The van der Waals surface area contributed by atoms with Crippen molar-refractivity contribution < 1.29 is 9.21 Å². The van der Waals surface area contributed by atoms with Gasteiger partial charge >= 0.3 is 0 Å². The minimum atomic E-state index is -0.249. The molecule has 1 atom stereocenters. The van der Waals surface area contributed by atoms with Gasteiger partial charge in [-0.3, -0.25) is 14.2 Å². The van der Waals surface area contributed by atoms with Crippen LogP contribution in [0.15, 0.2) is 21.3 Å². The summed E-state index contributed by atoms with van der Waals surface area (Å²) in [4.78, 5) is 31.8. The van der Waals surface area contributed by atoms with Crippen LogP contribution in [-0.4, -0.2) is 15.5 Å². The Kier molecular flexibility index (Phi) is 4.63. The van der Waals surface area contributed by atoms with E-state index in [1.165, 1.54) is 11.3 Å². The zero-order valence-corrected chi connectivity index (χ0v) is 16.6. The Balaban J connectivity index is 1.70. The van der Waals surface area contributed by atoms with Crippen molar-refractivity contribution in [3.8, 4) is 0 Å². The second-order valence-corrected chi connectivity index (χ2v) is 8.17. The molecular weight excluding hydrogens is 362 g/mol. The molecule has 3 aromatic rings. The highest BCUT2D eigenvalue weighted by molar-refractivity contribution is 7.20. The van der Waals surface area contributed by atoms with Crippen LogP contribution < -0.4 is 10.9 Å². The van der Waals surface area contributed by atoms with Crippen molar-refractivity contribution in [3.63, 3.8) is 0 Å². The molecule has 4 rings (SSSR count). The van der Waals surface area contributed by atoms with Gasteiger partial charge in [0, 0.05) is 13.0 Å². The first-order valence-corrected chi connectivity index (χ1v) is 10.2. The summed E-state index contributed by atoms with van der Waals surface area (Å²) in [5.41, 5.74) is 0.701. The van der Waals surface area contributed by atoms with E-state index in [-0.39, 0.29) is 17.5 Å². The lowest BCUT2D eigenvalue weighted by Crippen LogP contribution is -2.26. The summed E-state index contributed by atoms with van der Waals surface area (Å²) in [5.74, 6) is 2.17. The quantitative estimate of drug-likeness (QED) is 0.742. The largest absolute Gasteiger partial charge is 0.464 e. The van der Waals surface area contributed by atoms with E-state index < -0.39 is 0 Å². The third-order valence-electron chi connectivity index (χ3n) is 5.15. The van der Waals surface area contributed by atoms with Gasteiger partial charge in [-0.1, -0.05) is 6.42 Å². The molecule has 6 nitrogen and oxygen atoms in total. The van der Waals surface area contributed by atoms with Gasteiger partial charge in [0.2, 0.25) is 0 Å². The van der Waals surface area contributed by atoms with Crippen molar-refractivity contribution in [2.75, 3.05) is 0 Å². The van der Waals surface area contributed by atoms with Crippen LogP contribution in [0.4, 0.5) is 0 Å². The fraction of sp³-hybridized carbons (Fsp3) is 0.450. The van der Waals surface area contributed by atoms with Crippen molar-refractivity contribution in [2.24, 2.45) is 0 Å². The van der Waals surface area contributed by atoms with Crippen molar-refractivity contribution in [1.29, 1.82) is 0 Å². The molecular formula is C20H23N3O3S. The van der Waals surface area contributed by atoms with Gasteiger partial charge in [-0.05, 0) is 51.3 Å². The molecule has 1 amide bonds. The molecule has 142 valence electrons. The highest BCUT2D eigenvalue weighted by atomic mass is 32.1. The zero-order valence-electron chi connectivity index (χ0n) is 15.8. The van der Waals surface area contributed by atoms with Crippen LogP contribution in [0.1, 0.15) is 64.8 Å². The van der Waals surface area contributed by atoms with Gasteiger partial charge in [-0.2, -0.15) is 0 Å². The number of nitrogens with zero attached hydrogens (tertiary/aromatic N) is 2. The Hall–Kier alpha value is -2.41. The van der Waals surface area contributed by atoms with Crippen LogP contribution in [0, 0.1) is 13.8 Å². The van der Waals surface area contributed by atoms with Gasteiger partial charge in [-0.25, -0.2) is 4.98 Å². The minimum absolute atomic E-state index is 0.0144. The first-order chi connectivity index (χ1) is 13.0. The Morgan fingerprint density at radius 2 is 2.11 bits per heavy atom. The predicted molar refractivity (Wildman–Crippen MR) is 105 cm³/mol. The topological polar surface area (TPSA) is 77.1 Å². The molecule has 0 spiro atoms. The number of fused-ring (bicyclic) bond motifs is 2. The fourth-order valence-corrected chi connectivity index (χ4v) is 4.74. The lowest BCUT2D eigenvalue weighted by atomic mass is 10.2. The molecule has 1 N–H and O–H groups in total. The lowest BCUT2D eigenvalue weighted by Gasteiger charge is -2.11. The maximum atomic E-state index is 13.0. The van der Waals surface area contributed by atoms with Gasteiger partial charge in [0.05, 0.1) is 16.3 Å². The van der Waals surface area contributed by atoms with Crippen LogP contribution in [0.5, 0.6) is 0 Å². The Morgan fingerprint density at radius 3 is 2.85 bits per heavy atom. The maximum absolute atomic E-state index is 13.0. The van der Waals surface area contributed by atoms with E-state index in [0.29, 0.717) is 33.0 Å². The van der Waals surface area contributed by atoms with E-state index in [1.807, 2.05) is 32.9 Å². The third-order valence-corrected chi connectivity index (χ3v) is 6.34. The third kappa shape index (κ3) is 3.20. The molecule has 1 unspecified atom stereocenters. The molecule has 7 heteroatoms. The van der Waals surface area contributed by atoms with E-state index in [0.717, 1.165) is 37.3 Å². The number of nitrogens with one attached hydrogen (secondary N) is 1. The molecule has 0 aromatic carbocycles. The number of rotatable bonds is 3. The van der Waals surface area contributed by atoms with Crippen LogP contribution in [0.2, 0.25) is 0 Å². The summed E-state index contributed by atoms with van der Waals surface area (Å²) >= 11 is 1.30. The Morgan fingerprint density at radius 1 is 1.30 bits per heavy atom. The average molecular weight is 385 g/mol. The molecule has 0 fully saturated rings. The molecule has 27 heavy (non-hydrogen) atoms. The van der Waals surface area contributed by atoms with E-state index in [4.69, 9.17) is 9.40 Å². The van der Waals surface area contributed by atoms with E-state index in [2.05, 4.69) is 5.32 Å². The standard InChI is InChI=1S/C20H23N3O3S/c1-11-8-9-14(26-11)13(3)21-18(24)17-12(2)16-19(27-17)22-15-7-5-4-6-10-23(15)20(16)25/h8-9,13H,4-7,10H2,1-3H3,(H,21,24). The number of carbonyl (C=O) groups is 1. The first kappa shape index (κ1) is 18.0. The van der Waals surface area contributed by atoms with E-state index in [9.17, 15) is 9.59 Å². The van der Waals surface area contributed by atoms with Crippen LogP contribution in [0.3, 0.4) is 0 Å². The van der Waals surface area contributed by atoms with Gasteiger partial charge in [0.1, 0.15) is 22.2 Å². The highest BCUT2D eigenvalue weighted by Crippen LogP contribution is 2.29. The summed E-state index contributed by atoms with van der Waals surface area (Å²) < 4.78 is 7.39. The van der Waals surface area contributed by atoms with E-state index >= 15 is 0 Å². The van der Waals surface area contributed by atoms with E-state index in [1.54, 1.807) is 4.57 Å². The molecule has 3 aromatic heterocycles. The lowest BCUT2D eigenvalue weighted by molar-refractivity contribution is 0.0939. The molecule has 1 aliphatic heterocycles. The Bertz CT molecular complexity index is 1080. The molecule has 4 heterocycles. The summed E-state index contributed by atoms with van der Waals surface area (Å²) in [7, 11) is 0. The maximum Gasteiger partial charge on any atom is 0.262 e. The number of aryl methyl sites for hydroxylation is 3. The van der Waals surface area contributed by atoms with Gasteiger partial charge in [-0.15, -0.1) is 11.3 Å². The summed E-state index contributed by atoms with van der Waals surface area (Å²) in [6.07, 6.45) is 3.98. The second-order valence-electron chi connectivity index (χ2n) is 7.18. The Labute approximate surface area is 161 Å². The van der Waals surface area contributed by atoms with Crippen molar-refractivity contribution in [1.82, 2.24) is 14.9 Å². The molecule has 0 aliphatic carbocycles. The summed E-state index contributed by atoms with van der Waals surface area (Å²) in [6, 6.07) is 3.49. The van der Waals surface area contributed by atoms with Crippen LogP contribution >= 0.6 is 11.3 Å². The number of aromatic nitrogens is 2. The molecule has 0 bridgehead atoms. The number of hydrogen-bond acceptors (Lipinski definition) is 5. The summed E-state index contributed by atoms with van der Waals surface area (Å²) in [5, 5.41) is 3.55. The van der Waals surface area contributed by atoms with Gasteiger partial charge in [0.25, 0.3) is 11.5 Å². The number of thiophene rings is 1. The number of amides is 1. The van der Waals surface area contributed by atoms with Crippen molar-refractivity contribution >= 4 is 27.5 Å². The minimum Gasteiger partial charge on any atom is -0.464 e. The zero-order chi connectivity index (χ0) is 19.1. The monoisotopic (exact) mass is 385 g/mol. The van der Waals surface area contributed by atoms with Crippen molar-refractivity contribution in [3.05, 3.63) is 50.3 Å². The molecule has 0 saturated heterocycles. The number of carbonyl (C=O) groups excluding carboxylic acids is 1. The second kappa shape index (κ2) is 6.96. The molecule has 0 radical (unpaired) electrons. The van der Waals surface area contributed by atoms with Gasteiger partial charge in [0.15, 0.2) is 0 Å². The molecule has 1 aliphatic rings. The predicted octanol–water partition coefficient (Wildman–Crippen LogP) is 3.89. The summed E-state index contributed by atoms with van der Waals surface area (Å²) in [6.45, 7) is 6.30. The SMILES string of the molecule is Cc1ccc(C(C)NC(=O)c2sc3nc4n(c(=O)c3c2C)CCCCC4)o1. The molecule has 0 saturated carbocycles. The fourth-order valence-electron chi connectivity index (χ4n) is 3.65. The number of furan rings is 1. The highest BCUT2D eigenvalue weighted by Gasteiger charge is 2.23. The number of hydrogen-bond donors (Lipinski definition) is 1. The van der Waals surface area contributed by atoms with Crippen molar-refractivity contribution in [2.45, 2.75) is 59.0 Å².